The molecule has 0 unspecified atom stereocenters. The van der Waals surface area contributed by atoms with Crippen LogP contribution >= 0.6 is 0 Å². The molecule has 2 rings (SSSR count). The number of ether oxygens (including phenoxy) is 1. The van der Waals surface area contributed by atoms with Crippen molar-refractivity contribution in [3.8, 4) is 11.8 Å². The van der Waals surface area contributed by atoms with Gasteiger partial charge >= 0.3 is 0 Å². The molecule has 0 N–H and O–H groups in total. The van der Waals surface area contributed by atoms with E-state index in [1.165, 1.54) is 16.4 Å². The number of nitriles is 1. The molecule has 0 saturated carbocycles. The lowest BCUT2D eigenvalue weighted by Gasteiger charge is -2.33. The summed E-state index contributed by atoms with van der Waals surface area (Å²) in [6.45, 7) is 7.55. The predicted molar refractivity (Wildman–Crippen MR) is 82.0 cm³/mol. The summed E-state index contributed by atoms with van der Waals surface area (Å²) in [6.07, 6.45) is 0. The number of likely N-dealkylation sites (N-methyl/N-ethyl adjacent to an activating group) is 1. The summed E-state index contributed by atoms with van der Waals surface area (Å²) in [4.78, 5) is 2.30. The molecule has 7 heteroatoms. The van der Waals surface area contributed by atoms with Gasteiger partial charge in [0.1, 0.15) is 11.8 Å². The van der Waals surface area contributed by atoms with E-state index in [0.29, 0.717) is 25.4 Å². The zero-order valence-electron chi connectivity index (χ0n) is 12.9. The summed E-state index contributed by atoms with van der Waals surface area (Å²) in [5, 5.41) is 9.15. The summed E-state index contributed by atoms with van der Waals surface area (Å²) < 4.78 is 32.1. The Morgan fingerprint density at radius 2 is 2.00 bits per heavy atom. The van der Waals surface area contributed by atoms with E-state index in [1.807, 2.05) is 6.07 Å². The normalized spacial score (nSPS) is 17.1. The molecule has 0 bridgehead atoms. The van der Waals surface area contributed by atoms with E-state index in [2.05, 4.69) is 17.9 Å². The molecular formula is C15H20N3O3S. The maximum atomic E-state index is 12.7. The van der Waals surface area contributed by atoms with E-state index in [4.69, 9.17) is 10.00 Å². The standard InChI is InChI=1S/C15H20N3O3S/c1-3-17-7-9-18(10-8-17)22(19,20)14-5-6-15(21-4-2)13(11-14)12-16/h5,11H,3-4,7-10H2,1-2H3. The Balaban J connectivity index is 2.25. The average Bonchev–Trinajstić information content (AvgIpc) is 2.55. The third-order valence-electron chi connectivity index (χ3n) is 3.70. The van der Waals surface area contributed by atoms with Crippen molar-refractivity contribution in [1.29, 1.82) is 5.26 Å². The molecule has 1 aliphatic rings. The molecule has 1 radical (unpaired) electrons. The molecule has 0 aromatic heterocycles. The van der Waals surface area contributed by atoms with Gasteiger partial charge in [-0.05, 0) is 25.6 Å². The Labute approximate surface area is 131 Å². The molecule has 0 spiro atoms. The quantitative estimate of drug-likeness (QED) is 0.811. The second-order valence-corrected chi connectivity index (χ2v) is 6.90. The minimum absolute atomic E-state index is 0.0949. The van der Waals surface area contributed by atoms with E-state index in [0.717, 1.165) is 19.6 Å². The first-order chi connectivity index (χ1) is 10.5. The topological polar surface area (TPSA) is 73.6 Å². The van der Waals surface area contributed by atoms with Crippen molar-refractivity contribution in [2.24, 2.45) is 0 Å². The van der Waals surface area contributed by atoms with E-state index < -0.39 is 10.0 Å². The summed E-state index contributed by atoms with van der Waals surface area (Å²) in [6, 6.07) is 7.47. The lowest BCUT2D eigenvalue weighted by atomic mass is 10.2. The Kier molecular flexibility index (Phi) is 5.40. The Morgan fingerprint density at radius 1 is 1.32 bits per heavy atom. The van der Waals surface area contributed by atoms with Crippen LogP contribution in [-0.4, -0.2) is 57.0 Å². The van der Waals surface area contributed by atoms with Gasteiger partial charge in [-0.3, -0.25) is 0 Å². The number of piperazine rings is 1. The second kappa shape index (κ2) is 7.09. The molecule has 119 valence electrons. The highest BCUT2D eigenvalue weighted by Crippen LogP contribution is 2.24. The first kappa shape index (κ1) is 16.7. The fourth-order valence-corrected chi connectivity index (χ4v) is 3.81. The molecule has 1 aliphatic heterocycles. The van der Waals surface area contributed by atoms with Crippen molar-refractivity contribution in [2.75, 3.05) is 39.3 Å². The van der Waals surface area contributed by atoms with E-state index in [-0.39, 0.29) is 10.5 Å². The Bertz CT molecular complexity index is 659. The largest absolute Gasteiger partial charge is 0.492 e. The third-order valence-corrected chi connectivity index (χ3v) is 5.58. The molecular weight excluding hydrogens is 302 g/mol. The molecule has 0 atom stereocenters. The van der Waals surface area contributed by atoms with Gasteiger partial charge in [-0.25, -0.2) is 8.42 Å². The number of nitrogens with zero attached hydrogens (tertiary/aromatic N) is 3. The summed E-state index contributed by atoms with van der Waals surface area (Å²) >= 11 is 0. The zero-order valence-corrected chi connectivity index (χ0v) is 13.7. The number of rotatable bonds is 5. The van der Waals surface area contributed by atoms with Crippen LogP contribution in [0.3, 0.4) is 0 Å². The molecule has 1 fully saturated rings. The fourth-order valence-electron chi connectivity index (χ4n) is 2.39. The summed E-state index contributed by atoms with van der Waals surface area (Å²) in [7, 11) is -3.59. The van der Waals surface area contributed by atoms with Crippen molar-refractivity contribution in [3.63, 3.8) is 0 Å². The van der Waals surface area contributed by atoms with Gasteiger partial charge in [0.2, 0.25) is 10.0 Å². The van der Waals surface area contributed by atoms with Crippen LogP contribution in [0.1, 0.15) is 19.4 Å². The van der Waals surface area contributed by atoms with Crippen molar-refractivity contribution < 1.29 is 13.2 Å². The molecule has 6 nitrogen and oxygen atoms in total. The lowest BCUT2D eigenvalue weighted by molar-refractivity contribution is 0.196. The molecule has 1 aromatic rings. The minimum atomic E-state index is -3.59. The van der Waals surface area contributed by atoms with Crippen LogP contribution in [0.5, 0.6) is 5.75 Å². The predicted octanol–water partition coefficient (Wildman–Crippen LogP) is 1.08. The van der Waals surface area contributed by atoms with Crippen molar-refractivity contribution in [1.82, 2.24) is 9.21 Å². The van der Waals surface area contributed by atoms with Crippen LogP contribution in [0, 0.1) is 17.4 Å². The van der Waals surface area contributed by atoms with Gasteiger partial charge in [-0.15, -0.1) is 0 Å². The maximum Gasteiger partial charge on any atom is 0.243 e. The zero-order chi connectivity index (χ0) is 16.2. The van der Waals surface area contributed by atoms with Gasteiger partial charge in [-0.1, -0.05) is 6.92 Å². The first-order valence-electron chi connectivity index (χ1n) is 7.34. The van der Waals surface area contributed by atoms with Gasteiger partial charge in [0, 0.05) is 32.2 Å². The number of benzene rings is 1. The maximum absolute atomic E-state index is 12.7. The second-order valence-electron chi connectivity index (χ2n) is 4.96. The van der Waals surface area contributed by atoms with Crippen LogP contribution in [0.25, 0.3) is 0 Å². The highest BCUT2D eigenvalue weighted by molar-refractivity contribution is 7.89. The number of sulfonamides is 1. The van der Waals surface area contributed by atoms with Crippen LogP contribution in [0.15, 0.2) is 17.0 Å². The van der Waals surface area contributed by atoms with Crippen LogP contribution in [-0.2, 0) is 10.0 Å². The Hall–Kier alpha value is -1.62. The fraction of sp³-hybridized carbons (Fsp3) is 0.533. The smallest absolute Gasteiger partial charge is 0.243 e. The lowest BCUT2D eigenvalue weighted by Crippen LogP contribution is -2.48. The molecule has 1 saturated heterocycles. The molecule has 0 aliphatic carbocycles. The van der Waals surface area contributed by atoms with Gasteiger partial charge < -0.3 is 9.64 Å². The molecule has 22 heavy (non-hydrogen) atoms. The van der Waals surface area contributed by atoms with Crippen molar-refractivity contribution in [3.05, 3.63) is 23.8 Å². The van der Waals surface area contributed by atoms with Gasteiger partial charge in [0.15, 0.2) is 0 Å². The highest BCUT2D eigenvalue weighted by Gasteiger charge is 2.28. The van der Waals surface area contributed by atoms with Crippen LogP contribution in [0.2, 0.25) is 0 Å². The van der Waals surface area contributed by atoms with Gasteiger partial charge in [0.25, 0.3) is 0 Å². The van der Waals surface area contributed by atoms with Gasteiger partial charge in [-0.2, -0.15) is 9.57 Å². The van der Waals surface area contributed by atoms with E-state index in [9.17, 15) is 8.42 Å². The van der Waals surface area contributed by atoms with Gasteiger partial charge in [0.05, 0.1) is 17.1 Å². The minimum Gasteiger partial charge on any atom is -0.492 e. The monoisotopic (exact) mass is 322 g/mol. The third kappa shape index (κ3) is 3.40. The van der Waals surface area contributed by atoms with Crippen molar-refractivity contribution >= 4 is 10.0 Å². The Morgan fingerprint density at radius 3 is 2.55 bits per heavy atom. The highest BCUT2D eigenvalue weighted by atomic mass is 32.2. The SMILES string of the molecule is CCOc1[c]cc(S(=O)(=O)N2CCN(CC)CC2)cc1C#N. The average molecular weight is 322 g/mol. The van der Waals surface area contributed by atoms with Crippen LogP contribution in [0.4, 0.5) is 0 Å². The summed E-state index contributed by atoms with van der Waals surface area (Å²) in [5.74, 6) is 0.291. The molecule has 0 amide bonds. The first-order valence-corrected chi connectivity index (χ1v) is 8.78. The van der Waals surface area contributed by atoms with Crippen molar-refractivity contribution in [2.45, 2.75) is 18.7 Å². The van der Waals surface area contributed by atoms with E-state index in [1.54, 1.807) is 6.92 Å². The molecule has 1 aromatic carbocycles. The molecule has 1 heterocycles. The van der Waals surface area contributed by atoms with E-state index >= 15 is 0 Å². The summed E-state index contributed by atoms with van der Waals surface area (Å²) in [5.41, 5.74) is 0.190. The number of hydrogen-bond donors (Lipinski definition) is 0. The number of hydrogen-bond acceptors (Lipinski definition) is 5. The van der Waals surface area contributed by atoms with Crippen LogP contribution < -0.4 is 4.74 Å².